The van der Waals surface area contributed by atoms with Gasteiger partial charge in [0.1, 0.15) is 6.10 Å². The van der Waals surface area contributed by atoms with Crippen LogP contribution in [0.5, 0.6) is 0 Å². The third kappa shape index (κ3) is 3.31. The lowest BCUT2D eigenvalue weighted by Crippen LogP contribution is -2.39. The molecule has 0 aliphatic carbocycles. The highest BCUT2D eigenvalue weighted by atomic mass is 32.1. The molecule has 2 rings (SSSR count). The largest absolute Gasteiger partial charge is 0.368 e. The number of nitrogens with one attached hydrogen (secondary N) is 1. The summed E-state index contributed by atoms with van der Waals surface area (Å²) in [4.78, 5) is 14.0. The predicted octanol–water partition coefficient (Wildman–Crippen LogP) is 1.65. The summed E-state index contributed by atoms with van der Waals surface area (Å²) in [6.45, 7) is 1.34. The van der Waals surface area contributed by atoms with E-state index in [1.54, 1.807) is 11.3 Å². The fraction of sp³-hybridized carbons (Fsp3) is 0.615. The number of hydrogen-bond acceptors (Lipinski definition) is 4. The van der Waals surface area contributed by atoms with Gasteiger partial charge in [-0.2, -0.15) is 11.3 Å². The molecule has 0 radical (unpaired) electrons. The molecule has 1 aromatic rings. The van der Waals surface area contributed by atoms with E-state index < -0.39 is 0 Å². The molecule has 1 amide bonds. The van der Waals surface area contributed by atoms with Gasteiger partial charge in [0.15, 0.2) is 0 Å². The first kappa shape index (κ1) is 13.5. The highest BCUT2D eigenvalue weighted by Gasteiger charge is 2.24. The molecule has 0 bridgehead atoms. The highest BCUT2D eigenvalue weighted by Crippen LogP contribution is 2.20. The maximum Gasteiger partial charge on any atom is 0.249 e. The van der Waals surface area contributed by atoms with E-state index in [2.05, 4.69) is 27.0 Å². The normalized spacial score (nSPS) is 21.2. The summed E-state index contributed by atoms with van der Waals surface area (Å²) in [5.74, 6) is 0.0228. The first-order valence-corrected chi connectivity index (χ1v) is 7.20. The minimum Gasteiger partial charge on any atom is -0.368 e. The van der Waals surface area contributed by atoms with Gasteiger partial charge in [0, 0.05) is 13.2 Å². The Kier molecular flexibility index (Phi) is 4.74. The fourth-order valence-corrected chi connectivity index (χ4v) is 2.87. The molecule has 5 heteroatoms. The first-order valence-electron chi connectivity index (χ1n) is 6.26. The number of ether oxygens (including phenoxy) is 1. The number of nitrogens with zero attached hydrogens (tertiary/aromatic N) is 1. The standard InChI is InChI=1S/C13H20N2O2S/c1-15(2)11(10-5-7-18-9-10)8-14-13(16)12-4-3-6-17-12/h5,7,9,11-12H,3-4,6,8H2,1-2H3,(H,14,16). The first-order chi connectivity index (χ1) is 8.68. The molecule has 0 saturated carbocycles. The maximum atomic E-state index is 11.9. The molecule has 0 aromatic carbocycles. The number of carbonyl (C=O) groups is 1. The SMILES string of the molecule is CN(C)C(CNC(=O)C1CCCO1)c1ccsc1. The van der Waals surface area contributed by atoms with Crippen LogP contribution in [-0.2, 0) is 9.53 Å². The molecule has 2 unspecified atom stereocenters. The number of likely N-dealkylation sites (N-methyl/N-ethyl adjacent to an activating group) is 1. The van der Waals surface area contributed by atoms with Crippen molar-refractivity contribution in [2.24, 2.45) is 0 Å². The average molecular weight is 268 g/mol. The van der Waals surface area contributed by atoms with Crippen LogP contribution in [0.4, 0.5) is 0 Å². The van der Waals surface area contributed by atoms with Crippen molar-refractivity contribution in [1.82, 2.24) is 10.2 Å². The van der Waals surface area contributed by atoms with E-state index in [4.69, 9.17) is 4.74 Å². The van der Waals surface area contributed by atoms with Gasteiger partial charge in [-0.3, -0.25) is 4.79 Å². The summed E-state index contributed by atoms with van der Waals surface area (Å²) in [5, 5.41) is 7.18. The molecule has 1 aromatic heterocycles. The molecule has 1 aliphatic heterocycles. The predicted molar refractivity (Wildman–Crippen MR) is 72.7 cm³/mol. The number of amides is 1. The van der Waals surface area contributed by atoms with Crippen LogP contribution in [0.3, 0.4) is 0 Å². The zero-order valence-corrected chi connectivity index (χ0v) is 11.7. The number of hydrogen-bond donors (Lipinski definition) is 1. The Morgan fingerprint density at radius 2 is 2.50 bits per heavy atom. The fourth-order valence-electron chi connectivity index (χ4n) is 2.16. The van der Waals surface area contributed by atoms with Crippen molar-refractivity contribution < 1.29 is 9.53 Å². The van der Waals surface area contributed by atoms with Gasteiger partial charge in [-0.1, -0.05) is 0 Å². The summed E-state index contributed by atoms with van der Waals surface area (Å²) in [7, 11) is 4.06. The van der Waals surface area contributed by atoms with E-state index in [-0.39, 0.29) is 18.1 Å². The molecular formula is C13H20N2O2S. The van der Waals surface area contributed by atoms with Crippen molar-refractivity contribution in [1.29, 1.82) is 0 Å². The van der Waals surface area contributed by atoms with Crippen LogP contribution in [0.1, 0.15) is 24.4 Å². The molecule has 2 atom stereocenters. The summed E-state index contributed by atoms with van der Waals surface area (Å²) in [5.41, 5.74) is 1.25. The molecule has 2 heterocycles. The quantitative estimate of drug-likeness (QED) is 0.883. The van der Waals surface area contributed by atoms with Crippen molar-refractivity contribution in [2.45, 2.75) is 25.0 Å². The topological polar surface area (TPSA) is 41.6 Å². The van der Waals surface area contributed by atoms with Crippen LogP contribution in [0.2, 0.25) is 0 Å². The molecule has 18 heavy (non-hydrogen) atoms. The van der Waals surface area contributed by atoms with Crippen molar-refractivity contribution in [3.63, 3.8) is 0 Å². The molecule has 1 N–H and O–H groups in total. The van der Waals surface area contributed by atoms with Crippen molar-refractivity contribution in [3.8, 4) is 0 Å². The zero-order chi connectivity index (χ0) is 13.0. The Morgan fingerprint density at radius 1 is 1.67 bits per heavy atom. The van der Waals surface area contributed by atoms with Gasteiger partial charge in [0.05, 0.1) is 6.04 Å². The van der Waals surface area contributed by atoms with Crippen LogP contribution >= 0.6 is 11.3 Å². The van der Waals surface area contributed by atoms with E-state index in [1.807, 2.05) is 14.1 Å². The third-order valence-electron chi connectivity index (χ3n) is 3.24. The van der Waals surface area contributed by atoms with Gasteiger partial charge >= 0.3 is 0 Å². The Balaban J connectivity index is 1.88. The average Bonchev–Trinajstić information content (AvgIpc) is 3.01. The Hall–Kier alpha value is -0.910. The lowest BCUT2D eigenvalue weighted by atomic mass is 10.1. The molecular weight excluding hydrogens is 248 g/mol. The van der Waals surface area contributed by atoms with Crippen molar-refractivity contribution >= 4 is 17.2 Å². The summed E-state index contributed by atoms with van der Waals surface area (Å²) >= 11 is 1.68. The molecule has 100 valence electrons. The summed E-state index contributed by atoms with van der Waals surface area (Å²) in [6, 6.07) is 2.33. The van der Waals surface area contributed by atoms with Crippen LogP contribution in [0, 0.1) is 0 Å². The van der Waals surface area contributed by atoms with Gasteiger partial charge in [0.2, 0.25) is 5.91 Å². The number of carbonyl (C=O) groups excluding carboxylic acids is 1. The summed E-state index contributed by atoms with van der Waals surface area (Å²) in [6.07, 6.45) is 1.59. The van der Waals surface area contributed by atoms with E-state index >= 15 is 0 Å². The Morgan fingerprint density at radius 3 is 3.06 bits per heavy atom. The second-order valence-electron chi connectivity index (χ2n) is 4.78. The molecule has 1 fully saturated rings. The smallest absolute Gasteiger partial charge is 0.249 e. The summed E-state index contributed by atoms with van der Waals surface area (Å²) < 4.78 is 5.37. The maximum absolute atomic E-state index is 11.9. The molecule has 0 spiro atoms. The van der Waals surface area contributed by atoms with E-state index in [9.17, 15) is 4.79 Å². The number of rotatable bonds is 5. The Bertz CT molecular complexity index is 372. The second-order valence-corrected chi connectivity index (χ2v) is 5.56. The van der Waals surface area contributed by atoms with Crippen molar-refractivity contribution in [3.05, 3.63) is 22.4 Å². The van der Waals surface area contributed by atoms with Gasteiger partial charge in [-0.15, -0.1) is 0 Å². The van der Waals surface area contributed by atoms with E-state index in [0.29, 0.717) is 13.2 Å². The van der Waals surface area contributed by atoms with Crippen LogP contribution in [0.25, 0.3) is 0 Å². The van der Waals surface area contributed by atoms with Gasteiger partial charge in [0.25, 0.3) is 0 Å². The monoisotopic (exact) mass is 268 g/mol. The minimum atomic E-state index is -0.240. The third-order valence-corrected chi connectivity index (χ3v) is 3.94. The molecule has 1 saturated heterocycles. The zero-order valence-electron chi connectivity index (χ0n) is 10.9. The van der Waals surface area contributed by atoms with Gasteiger partial charge in [-0.05, 0) is 49.3 Å². The lowest BCUT2D eigenvalue weighted by Gasteiger charge is -2.24. The van der Waals surface area contributed by atoms with Crippen molar-refractivity contribution in [2.75, 3.05) is 27.2 Å². The van der Waals surface area contributed by atoms with E-state index in [1.165, 1.54) is 5.56 Å². The van der Waals surface area contributed by atoms with Gasteiger partial charge in [-0.25, -0.2) is 0 Å². The Labute approximate surface area is 112 Å². The minimum absolute atomic E-state index is 0.0228. The van der Waals surface area contributed by atoms with E-state index in [0.717, 1.165) is 12.8 Å². The highest BCUT2D eigenvalue weighted by molar-refractivity contribution is 7.07. The van der Waals surface area contributed by atoms with Crippen LogP contribution < -0.4 is 5.32 Å². The number of thiophene rings is 1. The lowest BCUT2D eigenvalue weighted by molar-refractivity contribution is -0.130. The van der Waals surface area contributed by atoms with Gasteiger partial charge < -0.3 is 15.0 Å². The molecule has 1 aliphatic rings. The second kappa shape index (κ2) is 6.31. The molecule has 4 nitrogen and oxygen atoms in total. The van der Waals surface area contributed by atoms with Crippen LogP contribution in [0.15, 0.2) is 16.8 Å². The van der Waals surface area contributed by atoms with Crippen LogP contribution in [-0.4, -0.2) is 44.2 Å².